The van der Waals surface area contributed by atoms with Crippen LogP contribution in [0.3, 0.4) is 0 Å². The second-order valence-corrected chi connectivity index (χ2v) is 21.5. The van der Waals surface area contributed by atoms with E-state index in [1.165, 1.54) is 16.2 Å². The number of benzene rings is 1. The number of carbonyl (C=O) groups is 4. The molecule has 5 heterocycles. The number of ether oxygens (including phenoxy) is 1. The van der Waals surface area contributed by atoms with Gasteiger partial charge in [0, 0.05) is 68.4 Å². The van der Waals surface area contributed by atoms with Crippen LogP contribution in [0.5, 0.6) is 0 Å². The van der Waals surface area contributed by atoms with E-state index in [1.54, 1.807) is 23.6 Å². The maximum atomic E-state index is 14.1. The van der Waals surface area contributed by atoms with Gasteiger partial charge in [-0.3, -0.25) is 24.6 Å². The molecule has 0 bridgehead atoms. The lowest BCUT2D eigenvalue weighted by Crippen LogP contribution is -2.58. The second kappa shape index (κ2) is 21.8. The maximum absolute atomic E-state index is 14.1. The molecule has 69 heavy (non-hydrogen) atoms. The highest BCUT2D eigenvalue weighted by molar-refractivity contribution is 7.16. The molecule has 1 aliphatic carbocycles. The number of hydrogen-bond donors (Lipinski definition) is 6. The third-order valence-corrected chi connectivity index (χ3v) is 15.3. The SMILES string of the molecule is Cc1ncsc1-c1ccc(CNC(=O)[C@@H]2C[C@@H](O)CN2C(=O)[C@@H](NC(=O)COCCCN2CCCN(c3nccc(C(=N)NC(=O)[C@@]4(C)CCCc5sc(N)c(C#N)c54)n3)[C@@H](C)C2)C(C)(C)C)cc1. The average Bonchev–Trinajstić information content (AvgIpc) is 3.99. The topological polar surface area (TPSA) is 256 Å². The van der Waals surface area contributed by atoms with Crippen LogP contribution in [0.4, 0.5) is 10.9 Å². The van der Waals surface area contributed by atoms with Crippen molar-refractivity contribution < 1.29 is 29.0 Å². The monoisotopic (exact) mass is 980 g/mol. The summed E-state index contributed by atoms with van der Waals surface area (Å²) in [5.41, 5.74) is 10.4. The number of hydrogen-bond acceptors (Lipinski definition) is 16. The van der Waals surface area contributed by atoms with Crippen LogP contribution in [-0.4, -0.2) is 129 Å². The average molecular weight is 981 g/mol. The molecule has 0 saturated carbocycles. The van der Waals surface area contributed by atoms with Crippen LogP contribution in [-0.2, 0) is 42.3 Å². The van der Waals surface area contributed by atoms with E-state index in [9.17, 15) is 29.5 Å². The van der Waals surface area contributed by atoms with Crippen molar-refractivity contribution in [2.24, 2.45) is 5.41 Å². The number of aliphatic hydroxyl groups excluding tert-OH is 1. The first-order valence-electron chi connectivity index (χ1n) is 23.5. The summed E-state index contributed by atoms with van der Waals surface area (Å²) in [7, 11) is 0. The van der Waals surface area contributed by atoms with Gasteiger partial charge in [-0.05, 0) is 82.0 Å². The summed E-state index contributed by atoms with van der Waals surface area (Å²) in [6, 6.07) is 9.83. The van der Waals surface area contributed by atoms with E-state index in [0.717, 1.165) is 58.9 Å². The van der Waals surface area contributed by atoms with Crippen molar-refractivity contribution in [3.05, 3.63) is 75.0 Å². The number of likely N-dealkylation sites (tertiary alicyclic amines) is 1. The Labute approximate surface area is 411 Å². The molecule has 18 nitrogen and oxygen atoms in total. The molecule has 7 rings (SSSR count). The van der Waals surface area contributed by atoms with Crippen molar-refractivity contribution in [3.63, 3.8) is 0 Å². The number of fused-ring (bicyclic) bond motifs is 1. The summed E-state index contributed by atoms with van der Waals surface area (Å²) < 4.78 is 5.81. The van der Waals surface area contributed by atoms with Gasteiger partial charge in [-0.15, -0.1) is 22.7 Å². The van der Waals surface area contributed by atoms with Crippen molar-refractivity contribution >= 4 is 63.1 Å². The zero-order chi connectivity index (χ0) is 49.6. The molecule has 0 radical (unpaired) electrons. The Morgan fingerprint density at radius 3 is 2.59 bits per heavy atom. The molecule has 2 saturated heterocycles. The number of β-amino-alcohol motifs (C(OH)–C–C–N with tert-alkyl or cyclic N) is 1. The van der Waals surface area contributed by atoms with E-state index in [0.29, 0.717) is 54.6 Å². The van der Waals surface area contributed by atoms with Crippen LogP contribution in [0.2, 0.25) is 0 Å². The van der Waals surface area contributed by atoms with Gasteiger partial charge in [0.2, 0.25) is 29.6 Å². The van der Waals surface area contributed by atoms with Gasteiger partial charge in [-0.25, -0.2) is 15.0 Å². The standard InChI is InChI=1S/C49H64N12O6S2/c1-29-25-59(18-8-20-60(29)47-53-17-15-35(56-47)42(51)58-46(66)49(6)16-7-10-37-39(49)34(23-50)43(52)69-37)19-9-21-67-27-38(63)57-41(48(3,4)5)45(65)61-26-33(62)22-36(61)44(64)54-24-31-11-13-32(14-12-31)40-30(2)55-28-68-40/h11-15,17,28-29,33,36,41,62H,7-10,16,18-22,24-27,52H2,1-6H3,(H,54,64)(H,57,63)(H2,51,58,66)/t29-,33+,36-,41+,49-/m0/s1. The van der Waals surface area contributed by atoms with Gasteiger partial charge < -0.3 is 46.2 Å². The number of thiophene rings is 1. The summed E-state index contributed by atoms with van der Waals surface area (Å²) in [4.78, 5) is 76.0. The molecule has 5 atom stereocenters. The van der Waals surface area contributed by atoms with Crippen LogP contribution in [0.15, 0.2) is 42.0 Å². The molecule has 3 aromatic heterocycles. The predicted molar refractivity (Wildman–Crippen MR) is 266 cm³/mol. The van der Waals surface area contributed by atoms with Gasteiger partial charge in [0.15, 0.2) is 5.84 Å². The number of nitriles is 1. The highest BCUT2D eigenvalue weighted by atomic mass is 32.1. The van der Waals surface area contributed by atoms with E-state index in [-0.39, 0.29) is 55.5 Å². The Morgan fingerprint density at radius 1 is 1.12 bits per heavy atom. The van der Waals surface area contributed by atoms with Crippen molar-refractivity contribution in [1.82, 2.24) is 40.7 Å². The molecular weight excluding hydrogens is 917 g/mol. The van der Waals surface area contributed by atoms with Crippen LogP contribution >= 0.6 is 22.7 Å². The molecule has 4 aromatic rings. The number of aryl methyl sites for hydroxylation is 2. The smallest absolute Gasteiger partial charge is 0.246 e. The Balaban J connectivity index is 0.856. The van der Waals surface area contributed by atoms with Gasteiger partial charge in [0.25, 0.3) is 0 Å². The molecule has 2 fully saturated rings. The zero-order valence-corrected chi connectivity index (χ0v) is 41.9. The van der Waals surface area contributed by atoms with Gasteiger partial charge in [-0.2, -0.15) is 5.26 Å². The Hall–Kier alpha value is -5.85. The van der Waals surface area contributed by atoms with Gasteiger partial charge >= 0.3 is 0 Å². The normalized spacial score (nSPS) is 21.2. The van der Waals surface area contributed by atoms with E-state index in [1.807, 2.05) is 64.4 Å². The summed E-state index contributed by atoms with van der Waals surface area (Å²) >= 11 is 2.93. The second-order valence-electron chi connectivity index (χ2n) is 19.6. The van der Waals surface area contributed by atoms with E-state index < -0.39 is 40.8 Å². The van der Waals surface area contributed by atoms with Gasteiger partial charge in [0.05, 0.1) is 33.2 Å². The first-order chi connectivity index (χ1) is 32.9. The first kappa shape index (κ1) is 51.0. The number of aromatic nitrogens is 3. The number of nitrogens with zero attached hydrogens (tertiary/aromatic N) is 7. The molecular formula is C49H64N12O6S2. The highest BCUT2D eigenvalue weighted by Gasteiger charge is 2.45. The number of amides is 4. The summed E-state index contributed by atoms with van der Waals surface area (Å²) in [5, 5.41) is 38.2. The lowest BCUT2D eigenvalue weighted by molar-refractivity contribution is -0.144. The Bertz CT molecular complexity index is 2570. The number of thiazole rings is 1. The quantitative estimate of drug-likeness (QED) is 0.0554. The Morgan fingerprint density at radius 2 is 1.88 bits per heavy atom. The lowest BCUT2D eigenvalue weighted by Gasteiger charge is -2.35. The summed E-state index contributed by atoms with van der Waals surface area (Å²) in [6.45, 7) is 14.7. The largest absolute Gasteiger partial charge is 0.391 e. The number of aliphatic hydroxyl groups is 1. The predicted octanol–water partition coefficient (Wildman–Crippen LogP) is 4.28. The van der Waals surface area contributed by atoms with Crippen LogP contribution in [0, 0.1) is 29.1 Å². The third-order valence-electron chi connectivity index (χ3n) is 13.3. The molecule has 1 aromatic carbocycles. The molecule has 4 amide bonds. The number of anilines is 2. The summed E-state index contributed by atoms with van der Waals surface area (Å²) in [6.07, 6.45) is 4.37. The molecule has 2 aliphatic heterocycles. The number of nitrogen functional groups attached to an aromatic ring is 1. The molecule has 20 heteroatoms. The first-order valence-corrected chi connectivity index (χ1v) is 25.2. The molecule has 3 aliphatic rings. The fraction of sp³-hybridized carbons (Fsp3) is 0.531. The zero-order valence-electron chi connectivity index (χ0n) is 40.3. The fourth-order valence-corrected chi connectivity index (χ4v) is 11.6. The summed E-state index contributed by atoms with van der Waals surface area (Å²) in [5.74, 6) is -1.31. The van der Waals surface area contributed by atoms with E-state index in [2.05, 4.69) is 48.7 Å². The van der Waals surface area contributed by atoms with E-state index >= 15 is 0 Å². The van der Waals surface area contributed by atoms with Crippen molar-refractivity contribution in [1.29, 1.82) is 10.7 Å². The fourth-order valence-electron chi connectivity index (χ4n) is 9.55. The minimum absolute atomic E-state index is 0.0186. The van der Waals surface area contributed by atoms with Crippen molar-refractivity contribution in [3.8, 4) is 16.5 Å². The molecule has 0 spiro atoms. The molecule has 7 N–H and O–H groups in total. The Kier molecular flexibility index (Phi) is 16.1. The third kappa shape index (κ3) is 11.8. The van der Waals surface area contributed by atoms with Crippen molar-refractivity contribution in [2.75, 3.05) is 56.6 Å². The van der Waals surface area contributed by atoms with Gasteiger partial charge in [-0.1, -0.05) is 45.0 Å². The number of carbonyl (C=O) groups excluding carboxylic acids is 4. The maximum Gasteiger partial charge on any atom is 0.246 e. The van der Waals surface area contributed by atoms with Crippen LogP contribution in [0.1, 0.15) is 99.7 Å². The number of rotatable bonds is 15. The number of nitrogens with one attached hydrogen (secondary N) is 4. The molecule has 0 unspecified atom stereocenters. The van der Waals surface area contributed by atoms with E-state index in [4.69, 9.17) is 20.9 Å². The minimum Gasteiger partial charge on any atom is -0.391 e. The van der Waals surface area contributed by atoms with Gasteiger partial charge in [0.1, 0.15) is 35.5 Å². The molecule has 368 valence electrons. The number of nitrogens with two attached hydrogens (primary N) is 1. The number of amidine groups is 1. The highest BCUT2D eigenvalue weighted by Crippen LogP contribution is 2.45. The lowest BCUT2D eigenvalue weighted by atomic mass is 9.72. The minimum atomic E-state index is -1.00. The van der Waals surface area contributed by atoms with Crippen molar-refractivity contribution in [2.45, 2.75) is 116 Å². The van der Waals surface area contributed by atoms with Crippen LogP contribution in [0.25, 0.3) is 10.4 Å². The van der Waals surface area contributed by atoms with Crippen LogP contribution < -0.4 is 26.6 Å².